The molecule has 0 radical (unpaired) electrons. The number of aromatic nitrogens is 4. The van der Waals surface area contributed by atoms with Crippen LogP contribution in [0.5, 0.6) is 0 Å². The van der Waals surface area contributed by atoms with Crippen LogP contribution in [0.3, 0.4) is 0 Å². The molecule has 0 unspecified atom stereocenters. The average molecular weight is 373 g/mol. The maximum Gasteiger partial charge on any atom is 0.245 e. The van der Waals surface area contributed by atoms with E-state index in [1.54, 1.807) is 11.3 Å². The predicted molar refractivity (Wildman–Crippen MR) is 103 cm³/mol. The molecule has 9 heteroatoms. The van der Waals surface area contributed by atoms with Crippen LogP contribution in [0.2, 0.25) is 0 Å². The van der Waals surface area contributed by atoms with Gasteiger partial charge in [0, 0.05) is 18.5 Å². The first-order valence-electron chi connectivity index (χ1n) is 8.99. The number of thiophene rings is 1. The summed E-state index contributed by atoms with van der Waals surface area (Å²) in [6.07, 6.45) is 3.75. The molecule has 8 nitrogen and oxygen atoms in total. The molecule has 0 spiro atoms. The van der Waals surface area contributed by atoms with E-state index in [1.165, 1.54) is 30.8 Å². The fourth-order valence-electron chi connectivity index (χ4n) is 3.24. The molecule has 0 bridgehead atoms. The highest BCUT2D eigenvalue weighted by molar-refractivity contribution is 7.09. The topological polar surface area (TPSA) is 83.2 Å². The van der Waals surface area contributed by atoms with Crippen LogP contribution >= 0.6 is 11.3 Å². The molecule has 1 N–H and O–H groups in total. The SMILES string of the molecule is CN(CCCN1CCCC1)c1nc2nonc2nc1NCc1cccs1. The first kappa shape index (κ1) is 17.2. The van der Waals surface area contributed by atoms with Gasteiger partial charge >= 0.3 is 0 Å². The van der Waals surface area contributed by atoms with Crippen molar-refractivity contribution in [1.29, 1.82) is 0 Å². The van der Waals surface area contributed by atoms with Gasteiger partial charge in [-0.1, -0.05) is 6.07 Å². The molecular formula is C17H23N7OS. The van der Waals surface area contributed by atoms with Crippen LogP contribution < -0.4 is 10.2 Å². The zero-order valence-corrected chi connectivity index (χ0v) is 15.7. The van der Waals surface area contributed by atoms with Gasteiger partial charge in [-0.05, 0) is 60.7 Å². The normalized spacial score (nSPS) is 15.0. The van der Waals surface area contributed by atoms with Gasteiger partial charge in [0.1, 0.15) is 0 Å². The van der Waals surface area contributed by atoms with Crippen molar-refractivity contribution in [2.24, 2.45) is 0 Å². The molecule has 1 aliphatic heterocycles. The Balaban J connectivity index is 1.46. The van der Waals surface area contributed by atoms with Gasteiger partial charge in [-0.3, -0.25) is 0 Å². The van der Waals surface area contributed by atoms with E-state index in [2.05, 4.69) is 46.8 Å². The van der Waals surface area contributed by atoms with Crippen molar-refractivity contribution in [3.05, 3.63) is 22.4 Å². The Bertz CT molecular complexity index is 829. The number of hydrogen-bond acceptors (Lipinski definition) is 9. The van der Waals surface area contributed by atoms with Crippen LogP contribution in [0.15, 0.2) is 22.1 Å². The van der Waals surface area contributed by atoms with Crippen LogP contribution in [0.1, 0.15) is 24.1 Å². The fourth-order valence-corrected chi connectivity index (χ4v) is 3.89. The number of hydrogen-bond donors (Lipinski definition) is 1. The number of nitrogens with zero attached hydrogens (tertiary/aromatic N) is 6. The zero-order chi connectivity index (χ0) is 17.8. The van der Waals surface area contributed by atoms with Gasteiger partial charge in [0.15, 0.2) is 11.6 Å². The minimum atomic E-state index is 0.424. The lowest BCUT2D eigenvalue weighted by atomic mass is 10.3. The minimum absolute atomic E-state index is 0.424. The lowest BCUT2D eigenvalue weighted by Crippen LogP contribution is -2.27. The third-order valence-corrected chi connectivity index (χ3v) is 5.51. The highest BCUT2D eigenvalue weighted by atomic mass is 32.1. The Hall–Kier alpha value is -2.26. The van der Waals surface area contributed by atoms with Crippen LogP contribution in [0, 0.1) is 0 Å². The summed E-state index contributed by atoms with van der Waals surface area (Å²) in [7, 11) is 2.05. The number of likely N-dealkylation sites (tertiary alicyclic amines) is 1. The first-order valence-corrected chi connectivity index (χ1v) is 9.87. The second-order valence-electron chi connectivity index (χ2n) is 6.56. The monoisotopic (exact) mass is 373 g/mol. The summed E-state index contributed by atoms with van der Waals surface area (Å²) in [5.74, 6) is 1.50. The van der Waals surface area contributed by atoms with Crippen molar-refractivity contribution < 1.29 is 4.63 Å². The van der Waals surface area contributed by atoms with Gasteiger partial charge in [-0.2, -0.15) is 0 Å². The van der Waals surface area contributed by atoms with Gasteiger partial charge in [-0.25, -0.2) is 14.6 Å². The third-order valence-electron chi connectivity index (χ3n) is 4.63. The van der Waals surface area contributed by atoms with E-state index in [-0.39, 0.29) is 0 Å². The summed E-state index contributed by atoms with van der Waals surface area (Å²) in [6, 6.07) is 4.14. The van der Waals surface area contributed by atoms with Crippen molar-refractivity contribution in [2.75, 3.05) is 43.4 Å². The van der Waals surface area contributed by atoms with Crippen molar-refractivity contribution >= 4 is 34.3 Å². The summed E-state index contributed by atoms with van der Waals surface area (Å²) in [5.41, 5.74) is 0.862. The molecule has 1 saturated heterocycles. The first-order chi connectivity index (χ1) is 12.8. The molecule has 3 aromatic heterocycles. The van der Waals surface area contributed by atoms with E-state index in [9.17, 15) is 0 Å². The lowest BCUT2D eigenvalue weighted by Gasteiger charge is -2.22. The summed E-state index contributed by atoms with van der Waals surface area (Å²) < 4.78 is 4.78. The van der Waals surface area contributed by atoms with E-state index in [1.807, 2.05) is 13.1 Å². The maximum atomic E-state index is 4.78. The average Bonchev–Trinajstić information content (AvgIpc) is 3.40. The molecule has 1 fully saturated rings. The van der Waals surface area contributed by atoms with Crippen molar-refractivity contribution in [3.8, 4) is 0 Å². The van der Waals surface area contributed by atoms with E-state index in [0.29, 0.717) is 23.7 Å². The number of rotatable bonds is 8. The van der Waals surface area contributed by atoms with E-state index >= 15 is 0 Å². The second kappa shape index (κ2) is 7.96. The van der Waals surface area contributed by atoms with Crippen LogP contribution in [-0.2, 0) is 6.54 Å². The molecule has 4 heterocycles. The second-order valence-corrected chi connectivity index (χ2v) is 7.60. The van der Waals surface area contributed by atoms with Crippen molar-refractivity contribution in [1.82, 2.24) is 25.2 Å². The number of anilines is 2. The molecule has 0 amide bonds. The Kier molecular flexibility index (Phi) is 5.26. The summed E-state index contributed by atoms with van der Waals surface area (Å²) >= 11 is 1.71. The van der Waals surface area contributed by atoms with Gasteiger partial charge in [-0.15, -0.1) is 11.3 Å². The van der Waals surface area contributed by atoms with E-state index in [0.717, 1.165) is 25.3 Å². The molecule has 0 aliphatic carbocycles. The molecule has 0 saturated carbocycles. The number of fused-ring (bicyclic) bond motifs is 1. The fraction of sp³-hybridized carbons (Fsp3) is 0.529. The van der Waals surface area contributed by atoms with Crippen molar-refractivity contribution in [2.45, 2.75) is 25.8 Å². The van der Waals surface area contributed by atoms with Gasteiger partial charge in [0.05, 0.1) is 6.54 Å². The van der Waals surface area contributed by atoms with Gasteiger partial charge < -0.3 is 15.1 Å². The summed E-state index contributed by atoms with van der Waals surface area (Å²) in [5, 5.41) is 13.1. The molecule has 138 valence electrons. The Morgan fingerprint density at radius 1 is 1.23 bits per heavy atom. The highest BCUT2D eigenvalue weighted by Crippen LogP contribution is 2.24. The molecule has 3 aromatic rings. The Morgan fingerprint density at radius 2 is 2.04 bits per heavy atom. The minimum Gasteiger partial charge on any atom is -0.362 e. The molecule has 4 rings (SSSR count). The third kappa shape index (κ3) is 3.94. The summed E-state index contributed by atoms with van der Waals surface area (Å²) in [4.78, 5) is 15.1. The van der Waals surface area contributed by atoms with Crippen LogP contribution in [0.4, 0.5) is 11.6 Å². The van der Waals surface area contributed by atoms with E-state index < -0.39 is 0 Å². The van der Waals surface area contributed by atoms with Crippen LogP contribution in [-0.4, -0.2) is 58.4 Å². The predicted octanol–water partition coefficient (Wildman–Crippen LogP) is 2.61. The molecule has 1 aliphatic rings. The smallest absolute Gasteiger partial charge is 0.245 e. The summed E-state index contributed by atoms with van der Waals surface area (Å²) in [6.45, 7) is 5.21. The van der Waals surface area contributed by atoms with Crippen LogP contribution in [0.25, 0.3) is 11.3 Å². The highest BCUT2D eigenvalue weighted by Gasteiger charge is 2.17. The number of nitrogens with one attached hydrogen (secondary N) is 1. The van der Waals surface area contributed by atoms with Crippen molar-refractivity contribution in [3.63, 3.8) is 0 Å². The Labute approximate surface area is 156 Å². The largest absolute Gasteiger partial charge is 0.362 e. The molecule has 0 aromatic carbocycles. The zero-order valence-electron chi connectivity index (χ0n) is 14.9. The quantitative estimate of drug-likeness (QED) is 0.645. The standard InChI is InChI=1S/C17H23N7OS/c1-23(7-5-10-24-8-2-3-9-24)17-16(18-12-13-6-4-11-26-13)19-14-15(20-17)22-25-21-14/h4,6,11H,2-3,5,7-10,12H2,1H3,(H,18,19,21). The molecular weight excluding hydrogens is 350 g/mol. The van der Waals surface area contributed by atoms with Gasteiger partial charge in [0.25, 0.3) is 0 Å². The molecule has 0 atom stereocenters. The maximum absolute atomic E-state index is 4.78. The lowest BCUT2D eigenvalue weighted by molar-refractivity contribution is 0.314. The van der Waals surface area contributed by atoms with Gasteiger partial charge in [0.2, 0.25) is 11.3 Å². The molecule has 26 heavy (non-hydrogen) atoms. The van der Waals surface area contributed by atoms with E-state index in [4.69, 9.17) is 4.63 Å². The Morgan fingerprint density at radius 3 is 2.81 bits per heavy atom.